The SMILES string of the molecule is CC(N)=N/N=C(\C)c1ccc2[nH]c(C(=O)Nc3cc(C)ccn3)cc2c1. The van der Waals surface area contributed by atoms with Crippen molar-refractivity contribution in [2.75, 3.05) is 5.32 Å². The highest BCUT2D eigenvalue weighted by Gasteiger charge is 2.11. The Labute approximate surface area is 151 Å². The molecule has 1 amide bonds. The predicted octanol–water partition coefficient (Wildman–Crippen LogP) is 3.22. The minimum atomic E-state index is -0.241. The van der Waals surface area contributed by atoms with Crippen LogP contribution in [0.5, 0.6) is 0 Å². The molecule has 7 nitrogen and oxygen atoms in total. The number of nitrogens with one attached hydrogen (secondary N) is 2. The van der Waals surface area contributed by atoms with Gasteiger partial charge in [0, 0.05) is 17.1 Å². The predicted molar refractivity (Wildman–Crippen MR) is 105 cm³/mol. The van der Waals surface area contributed by atoms with Crippen LogP contribution in [0.25, 0.3) is 10.9 Å². The fraction of sp³-hybridized carbons (Fsp3) is 0.158. The second kappa shape index (κ2) is 7.18. The Morgan fingerprint density at radius 2 is 1.96 bits per heavy atom. The van der Waals surface area contributed by atoms with E-state index in [1.54, 1.807) is 19.2 Å². The average molecular weight is 348 g/mol. The Bertz CT molecular complexity index is 1030. The van der Waals surface area contributed by atoms with Gasteiger partial charge in [-0.05, 0) is 62.2 Å². The monoisotopic (exact) mass is 348 g/mol. The van der Waals surface area contributed by atoms with Crippen LogP contribution in [0.2, 0.25) is 0 Å². The van der Waals surface area contributed by atoms with Crippen molar-refractivity contribution in [2.24, 2.45) is 15.9 Å². The standard InChI is InChI=1S/C19H20N6O/c1-11-6-7-21-18(8-11)23-19(26)17-10-15-9-14(4-5-16(15)22-17)12(2)24-25-13(3)20/h4-10,22H,1-3H3,(H2,20,25)(H,21,23,26)/b24-12+. The van der Waals surface area contributed by atoms with Crippen LogP contribution < -0.4 is 11.1 Å². The maximum absolute atomic E-state index is 12.5. The summed E-state index contributed by atoms with van der Waals surface area (Å²) in [5.41, 5.74) is 9.52. The van der Waals surface area contributed by atoms with Gasteiger partial charge in [0.05, 0.1) is 5.71 Å². The molecule has 0 fully saturated rings. The molecular weight excluding hydrogens is 328 g/mol. The third kappa shape index (κ3) is 3.94. The van der Waals surface area contributed by atoms with E-state index >= 15 is 0 Å². The number of pyridine rings is 1. The zero-order valence-corrected chi connectivity index (χ0v) is 14.9. The summed E-state index contributed by atoms with van der Waals surface area (Å²) in [7, 11) is 0. The van der Waals surface area contributed by atoms with Gasteiger partial charge in [0.2, 0.25) is 0 Å². The number of benzene rings is 1. The van der Waals surface area contributed by atoms with E-state index in [9.17, 15) is 4.79 Å². The van der Waals surface area contributed by atoms with Crippen molar-refractivity contribution in [3.05, 3.63) is 59.4 Å². The smallest absolute Gasteiger partial charge is 0.273 e. The van der Waals surface area contributed by atoms with Crippen LogP contribution in [0.1, 0.15) is 35.5 Å². The van der Waals surface area contributed by atoms with E-state index in [1.165, 1.54) is 0 Å². The Morgan fingerprint density at radius 3 is 2.69 bits per heavy atom. The Balaban J connectivity index is 1.86. The molecule has 0 atom stereocenters. The maximum Gasteiger partial charge on any atom is 0.273 e. The summed E-state index contributed by atoms with van der Waals surface area (Å²) in [4.78, 5) is 19.7. The molecule has 0 aliphatic rings. The van der Waals surface area contributed by atoms with E-state index in [0.29, 0.717) is 17.3 Å². The number of H-pyrrole nitrogens is 1. The first-order valence-electron chi connectivity index (χ1n) is 8.14. The number of rotatable bonds is 4. The Morgan fingerprint density at radius 1 is 1.15 bits per heavy atom. The van der Waals surface area contributed by atoms with Crippen molar-refractivity contribution in [1.82, 2.24) is 9.97 Å². The largest absolute Gasteiger partial charge is 0.386 e. The first-order valence-corrected chi connectivity index (χ1v) is 8.14. The molecule has 0 unspecified atom stereocenters. The number of aromatic nitrogens is 2. The van der Waals surface area contributed by atoms with Crippen molar-refractivity contribution in [3.63, 3.8) is 0 Å². The van der Waals surface area contributed by atoms with Gasteiger partial charge in [0.25, 0.3) is 5.91 Å². The van der Waals surface area contributed by atoms with E-state index in [4.69, 9.17) is 5.73 Å². The lowest BCUT2D eigenvalue weighted by Crippen LogP contribution is -2.13. The van der Waals surface area contributed by atoms with Gasteiger partial charge in [-0.25, -0.2) is 4.98 Å². The normalized spacial score (nSPS) is 12.4. The van der Waals surface area contributed by atoms with Crippen LogP contribution in [0.3, 0.4) is 0 Å². The summed E-state index contributed by atoms with van der Waals surface area (Å²) >= 11 is 0. The molecule has 0 spiro atoms. The third-order valence-electron chi connectivity index (χ3n) is 3.80. The van der Waals surface area contributed by atoms with E-state index in [0.717, 1.165) is 27.7 Å². The van der Waals surface area contributed by atoms with Gasteiger partial charge in [-0.2, -0.15) is 5.10 Å². The minimum absolute atomic E-state index is 0.241. The number of hydrogen-bond donors (Lipinski definition) is 3. The first-order chi connectivity index (χ1) is 12.4. The highest BCUT2D eigenvalue weighted by molar-refractivity contribution is 6.07. The highest BCUT2D eigenvalue weighted by Crippen LogP contribution is 2.19. The molecule has 0 radical (unpaired) electrons. The third-order valence-corrected chi connectivity index (χ3v) is 3.80. The fourth-order valence-electron chi connectivity index (χ4n) is 2.48. The van der Waals surface area contributed by atoms with Gasteiger partial charge in [0.1, 0.15) is 17.3 Å². The second-order valence-electron chi connectivity index (χ2n) is 6.08. The van der Waals surface area contributed by atoms with Crippen LogP contribution >= 0.6 is 0 Å². The summed E-state index contributed by atoms with van der Waals surface area (Å²) in [5, 5.41) is 11.7. The molecule has 26 heavy (non-hydrogen) atoms. The lowest BCUT2D eigenvalue weighted by molar-refractivity contribution is 0.102. The number of nitrogens with zero attached hydrogens (tertiary/aromatic N) is 3. The number of amidine groups is 1. The summed E-state index contributed by atoms with van der Waals surface area (Å²) in [5.74, 6) is 0.678. The summed E-state index contributed by atoms with van der Waals surface area (Å²) in [6.45, 7) is 5.49. The molecule has 0 saturated heterocycles. The van der Waals surface area contributed by atoms with Gasteiger partial charge < -0.3 is 16.0 Å². The molecule has 0 aliphatic heterocycles. The van der Waals surface area contributed by atoms with Crippen LogP contribution in [0.4, 0.5) is 5.82 Å². The Hall–Kier alpha value is -3.48. The van der Waals surface area contributed by atoms with Crippen LogP contribution in [0.15, 0.2) is 52.8 Å². The first kappa shape index (κ1) is 17.3. The summed E-state index contributed by atoms with van der Waals surface area (Å²) in [6, 6.07) is 11.3. The number of carbonyl (C=O) groups is 1. The molecule has 3 aromatic rings. The quantitative estimate of drug-likeness (QED) is 0.382. The van der Waals surface area contributed by atoms with Crippen LogP contribution in [-0.2, 0) is 0 Å². The number of aromatic amines is 1. The van der Waals surface area contributed by atoms with Crippen molar-refractivity contribution >= 4 is 34.2 Å². The number of carbonyl (C=O) groups excluding carboxylic acids is 1. The topological polar surface area (TPSA) is 109 Å². The summed E-state index contributed by atoms with van der Waals surface area (Å²) < 4.78 is 0. The molecule has 3 rings (SSSR count). The van der Waals surface area contributed by atoms with Crippen molar-refractivity contribution in [3.8, 4) is 0 Å². The van der Waals surface area contributed by atoms with Crippen molar-refractivity contribution in [1.29, 1.82) is 0 Å². The molecule has 4 N–H and O–H groups in total. The molecule has 0 bridgehead atoms. The molecule has 1 aromatic carbocycles. The average Bonchev–Trinajstić information content (AvgIpc) is 3.03. The van der Waals surface area contributed by atoms with E-state index in [-0.39, 0.29) is 5.91 Å². The van der Waals surface area contributed by atoms with Crippen LogP contribution in [-0.4, -0.2) is 27.4 Å². The maximum atomic E-state index is 12.5. The molecule has 132 valence electrons. The molecule has 2 heterocycles. The number of nitrogens with two attached hydrogens (primary N) is 1. The van der Waals surface area contributed by atoms with Crippen molar-refractivity contribution < 1.29 is 4.79 Å². The zero-order valence-electron chi connectivity index (χ0n) is 14.9. The molecule has 7 heteroatoms. The van der Waals surface area contributed by atoms with Gasteiger partial charge in [-0.15, -0.1) is 5.10 Å². The second-order valence-corrected chi connectivity index (χ2v) is 6.08. The zero-order chi connectivity index (χ0) is 18.7. The summed E-state index contributed by atoms with van der Waals surface area (Å²) in [6.07, 6.45) is 1.66. The van der Waals surface area contributed by atoms with Gasteiger partial charge in [0.15, 0.2) is 0 Å². The number of fused-ring (bicyclic) bond motifs is 1. The Kier molecular flexibility index (Phi) is 4.79. The number of amides is 1. The number of hydrogen-bond acceptors (Lipinski definition) is 4. The van der Waals surface area contributed by atoms with E-state index in [1.807, 2.05) is 44.2 Å². The molecule has 0 saturated carbocycles. The molecule has 2 aromatic heterocycles. The van der Waals surface area contributed by atoms with Gasteiger partial charge in [-0.1, -0.05) is 6.07 Å². The lowest BCUT2D eigenvalue weighted by atomic mass is 10.1. The van der Waals surface area contributed by atoms with Crippen molar-refractivity contribution in [2.45, 2.75) is 20.8 Å². The van der Waals surface area contributed by atoms with Crippen LogP contribution in [0, 0.1) is 6.92 Å². The van der Waals surface area contributed by atoms with Gasteiger partial charge in [-0.3, -0.25) is 4.79 Å². The molecular formula is C19H20N6O. The molecule has 0 aliphatic carbocycles. The minimum Gasteiger partial charge on any atom is -0.386 e. The van der Waals surface area contributed by atoms with E-state index in [2.05, 4.69) is 25.5 Å². The fourth-order valence-corrected chi connectivity index (χ4v) is 2.48. The number of aryl methyl sites for hydroxylation is 1. The highest BCUT2D eigenvalue weighted by atomic mass is 16.1. The number of anilines is 1. The van der Waals surface area contributed by atoms with Gasteiger partial charge >= 0.3 is 0 Å². The van der Waals surface area contributed by atoms with E-state index < -0.39 is 0 Å². The lowest BCUT2D eigenvalue weighted by Gasteiger charge is -2.03.